The summed E-state index contributed by atoms with van der Waals surface area (Å²) in [5.41, 5.74) is 9.14. The van der Waals surface area contributed by atoms with Gasteiger partial charge in [-0.05, 0) is 65.9 Å². The molecular formula is C46H58N5O9P. The van der Waals surface area contributed by atoms with E-state index in [1.807, 2.05) is 18.2 Å². The summed E-state index contributed by atoms with van der Waals surface area (Å²) >= 11 is 0. The van der Waals surface area contributed by atoms with Crippen molar-refractivity contribution >= 4 is 49.5 Å². The van der Waals surface area contributed by atoms with Gasteiger partial charge in [0.15, 0.2) is 0 Å². The van der Waals surface area contributed by atoms with Gasteiger partial charge < -0.3 is 46.4 Å². The molecule has 4 amide bonds. The molecule has 0 saturated carbocycles. The number of carbonyl (C=O) groups is 5. The predicted molar refractivity (Wildman–Crippen MR) is 239 cm³/mol. The van der Waals surface area contributed by atoms with Gasteiger partial charge in [-0.3, -0.25) is 19.2 Å². The van der Waals surface area contributed by atoms with Crippen molar-refractivity contribution in [2.45, 2.75) is 65.0 Å². The first-order chi connectivity index (χ1) is 29.4. The minimum absolute atomic E-state index is 0.0846. The van der Waals surface area contributed by atoms with Crippen molar-refractivity contribution in [3.63, 3.8) is 0 Å². The van der Waals surface area contributed by atoms with E-state index in [2.05, 4.69) is 96.6 Å². The number of aliphatic carboxylic acids is 1. The molecule has 15 heteroatoms. The lowest BCUT2D eigenvalue weighted by Crippen LogP contribution is -2.52. The molecule has 0 heterocycles. The molecule has 0 spiro atoms. The van der Waals surface area contributed by atoms with Crippen molar-refractivity contribution < 1.29 is 43.4 Å². The lowest BCUT2D eigenvalue weighted by molar-refractivity contribution is -0.141. The molecule has 0 bridgehead atoms. The number of nitrogens with two attached hydrogens (primary N) is 1. The fourth-order valence-electron chi connectivity index (χ4n) is 5.39. The highest BCUT2D eigenvalue weighted by atomic mass is 31.2. The van der Waals surface area contributed by atoms with Gasteiger partial charge in [0.1, 0.15) is 17.8 Å². The van der Waals surface area contributed by atoms with E-state index in [-0.39, 0.29) is 25.1 Å². The van der Waals surface area contributed by atoms with E-state index in [9.17, 15) is 29.1 Å². The summed E-state index contributed by atoms with van der Waals surface area (Å²) < 4.78 is 4.75. The first kappa shape index (κ1) is 51.0. The minimum atomic E-state index is -2.59. The Hall–Kier alpha value is -6.18. The molecule has 5 aromatic rings. The number of rotatable bonds is 18. The van der Waals surface area contributed by atoms with Gasteiger partial charge >= 0.3 is 14.6 Å². The average molecular weight is 856 g/mol. The number of carboxylic acids is 1. The predicted octanol–water partition coefficient (Wildman–Crippen LogP) is 5.12. The van der Waals surface area contributed by atoms with E-state index >= 15 is 0 Å². The van der Waals surface area contributed by atoms with E-state index in [4.69, 9.17) is 20.0 Å². The Balaban J connectivity index is 0.000000424. The van der Waals surface area contributed by atoms with Crippen molar-refractivity contribution in [2.75, 3.05) is 19.6 Å². The summed E-state index contributed by atoms with van der Waals surface area (Å²) in [6.07, 6.45) is 3.88. The molecule has 326 valence electrons. The summed E-state index contributed by atoms with van der Waals surface area (Å²) in [4.78, 5) is 76.9. The van der Waals surface area contributed by atoms with Crippen LogP contribution in [0.25, 0.3) is 10.8 Å². The Morgan fingerprint density at radius 3 is 1.77 bits per heavy atom. The SMILES string of the molecule is CCCCN.CCc1ccc2ccccc2c1.Cc1ccccc1.O=CNCC(=O)NC(Cc1ccccc1)C(=O)NCC(=O)NC(Cc1ccc(OP(O)O)cc1)C(=O)O. The zero-order chi connectivity index (χ0) is 44.8. The maximum atomic E-state index is 12.7. The standard InChI is InChI=1S/C23H27N4O9P.C12H12.C7H8.C4H11N/c28-14-24-12-20(29)26-18(10-15-4-2-1-3-5-15)22(31)25-13-21(30)27-19(23(32)33)11-16-6-8-17(9-7-16)36-37(34)35;1-2-10-7-8-11-5-3-4-6-12(11)9-10;1-7-5-3-2-4-6-7;1-2-3-4-5/h1-9,14,18-19,34-35H,10-13H2,(H,24,28)(H,25,31)(H,26,29)(H,27,30)(H,32,33);3-9H,2H2,1H3;2-6H,1H3;2-5H2,1H3. The Morgan fingerprint density at radius 1 is 0.705 bits per heavy atom. The molecule has 0 radical (unpaired) electrons. The second-order valence-corrected chi connectivity index (χ2v) is 14.2. The normalized spacial score (nSPS) is 11.1. The van der Waals surface area contributed by atoms with Crippen LogP contribution >= 0.6 is 8.60 Å². The smallest absolute Gasteiger partial charge is 0.391 e. The van der Waals surface area contributed by atoms with Gasteiger partial charge in [0.2, 0.25) is 24.1 Å². The molecule has 5 aromatic carbocycles. The van der Waals surface area contributed by atoms with Gasteiger partial charge in [-0.15, -0.1) is 0 Å². The van der Waals surface area contributed by atoms with E-state index in [1.165, 1.54) is 59.0 Å². The number of benzene rings is 5. The highest BCUT2D eigenvalue weighted by Crippen LogP contribution is 2.28. The minimum Gasteiger partial charge on any atom is -0.480 e. The topological polar surface area (TPSA) is 229 Å². The van der Waals surface area contributed by atoms with E-state index in [0.29, 0.717) is 12.0 Å². The largest absolute Gasteiger partial charge is 0.480 e. The lowest BCUT2D eigenvalue weighted by atomic mass is 10.0. The molecule has 14 nitrogen and oxygen atoms in total. The Kier molecular flexibility index (Phi) is 25.0. The number of hydrogen-bond acceptors (Lipinski definition) is 9. The van der Waals surface area contributed by atoms with Crippen LogP contribution in [0, 0.1) is 6.92 Å². The van der Waals surface area contributed by atoms with Gasteiger partial charge in [0.25, 0.3) is 0 Å². The highest BCUT2D eigenvalue weighted by Gasteiger charge is 2.24. The van der Waals surface area contributed by atoms with E-state index in [0.717, 1.165) is 18.5 Å². The zero-order valence-electron chi connectivity index (χ0n) is 34.8. The first-order valence-electron chi connectivity index (χ1n) is 19.8. The van der Waals surface area contributed by atoms with Crippen LogP contribution in [0.3, 0.4) is 0 Å². The number of nitrogens with one attached hydrogen (secondary N) is 4. The van der Waals surface area contributed by atoms with Crippen molar-refractivity contribution in [1.29, 1.82) is 0 Å². The van der Waals surface area contributed by atoms with Crippen molar-refractivity contribution in [3.8, 4) is 5.75 Å². The summed E-state index contributed by atoms with van der Waals surface area (Å²) in [6, 6.07) is 37.7. The maximum absolute atomic E-state index is 12.7. The summed E-state index contributed by atoms with van der Waals surface area (Å²) in [7, 11) is -2.59. The van der Waals surface area contributed by atoms with Crippen LogP contribution in [0.2, 0.25) is 0 Å². The number of carboxylic acid groups (broad SMARTS) is 1. The molecule has 2 atom stereocenters. The van der Waals surface area contributed by atoms with Crippen LogP contribution in [0.4, 0.5) is 0 Å². The lowest BCUT2D eigenvalue weighted by Gasteiger charge is -2.19. The molecular weight excluding hydrogens is 798 g/mol. The zero-order valence-corrected chi connectivity index (χ0v) is 35.7. The Labute approximate surface area is 358 Å². The van der Waals surface area contributed by atoms with Crippen molar-refractivity contribution in [3.05, 3.63) is 150 Å². The fourth-order valence-corrected chi connectivity index (χ4v) is 5.70. The molecule has 9 N–H and O–H groups in total. The van der Waals surface area contributed by atoms with Crippen LogP contribution < -0.4 is 31.5 Å². The second-order valence-electron chi connectivity index (χ2n) is 13.5. The van der Waals surface area contributed by atoms with Gasteiger partial charge in [-0.25, -0.2) is 4.79 Å². The summed E-state index contributed by atoms with van der Waals surface area (Å²) in [6.45, 7) is 6.37. The van der Waals surface area contributed by atoms with Gasteiger partial charge in [0, 0.05) is 12.8 Å². The number of hydrogen-bond donors (Lipinski definition) is 8. The first-order valence-corrected chi connectivity index (χ1v) is 21.0. The van der Waals surface area contributed by atoms with Crippen molar-refractivity contribution in [2.24, 2.45) is 5.73 Å². The number of aryl methyl sites for hydroxylation is 2. The van der Waals surface area contributed by atoms with E-state index < -0.39 is 50.9 Å². The quantitative estimate of drug-likeness (QED) is 0.0429. The molecule has 0 aliphatic carbocycles. The van der Waals surface area contributed by atoms with Crippen LogP contribution in [-0.2, 0) is 43.2 Å². The van der Waals surface area contributed by atoms with Gasteiger partial charge in [-0.2, -0.15) is 0 Å². The molecule has 0 aliphatic rings. The van der Waals surface area contributed by atoms with E-state index in [1.54, 1.807) is 30.3 Å². The molecule has 5 rings (SSSR count). The number of carbonyl (C=O) groups excluding carboxylic acids is 4. The maximum Gasteiger partial charge on any atom is 0.391 e. The van der Waals surface area contributed by atoms with Gasteiger partial charge in [0.05, 0.1) is 13.1 Å². The third-order valence-electron chi connectivity index (χ3n) is 8.61. The van der Waals surface area contributed by atoms with Crippen LogP contribution in [0.5, 0.6) is 5.75 Å². The number of amides is 4. The molecule has 61 heavy (non-hydrogen) atoms. The Morgan fingerprint density at radius 2 is 1.25 bits per heavy atom. The summed E-state index contributed by atoms with van der Waals surface area (Å²) in [5.74, 6) is -3.17. The molecule has 0 saturated heterocycles. The van der Waals surface area contributed by atoms with Gasteiger partial charge in [-0.1, -0.05) is 141 Å². The van der Waals surface area contributed by atoms with Crippen LogP contribution in [-0.4, -0.2) is 76.7 Å². The van der Waals surface area contributed by atoms with Crippen molar-refractivity contribution in [1.82, 2.24) is 21.3 Å². The number of fused-ring (bicyclic) bond motifs is 1. The second kappa shape index (κ2) is 29.9. The molecule has 2 unspecified atom stereocenters. The summed E-state index contributed by atoms with van der Waals surface area (Å²) in [5, 5.41) is 21.6. The Bertz CT molecular complexity index is 2040. The fraction of sp³-hybridized carbons (Fsp3) is 0.283. The molecule has 0 aromatic heterocycles. The molecule has 0 aliphatic heterocycles. The van der Waals surface area contributed by atoms with Crippen LogP contribution in [0.15, 0.2) is 127 Å². The monoisotopic (exact) mass is 855 g/mol. The van der Waals surface area contributed by atoms with Crippen LogP contribution in [0.1, 0.15) is 48.9 Å². The highest BCUT2D eigenvalue weighted by molar-refractivity contribution is 7.39. The third-order valence-corrected chi connectivity index (χ3v) is 8.98. The third kappa shape index (κ3) is 22.1. The molecule has 0 fully saturated rings. The number of unbranched alkanes of at least 4 members (excludes halogenated alkanes) is 1. The average Bonchev–Trinajstić information content (AvgIpc) is 3.26.